The van der Waals surface area contributed by atoms with Crippen LogP contribution in [-0.4, -0.2) is 10.7 Å². The molecule has 1 aromatic rings. The third-order valence-corrected chi connectivity index (χ3v) is 1.57. The summed E-state index contributed by atoms with van der Waals surface area (Å²) < 4.78 is 0. The van der Waals surface area contributed by atoms with Gasteiger partial charge in [0.05, 0.1) is 6.42 Å². The second kappa shape index (κ2) is 5.10. The SMILES string of the molecule is O=C([CH]C(Cl)Cl)Nc1ccccc1. The Labute approximate surface area is 86.8 Å². The monoisotopic (exact) mass is 216 g/mol. The molecule has 0 unspecified atom stereocenters. The average Bonchev–Trinajstić information content (AvgIpc) is 2.04. The van der Waals surface area contributed by atoms with Crippen molar-refractivity contribution < 1.29 is 4.79 Å². The number of carbonyl (C=O) groups excluding carboxylic acids is 1. The lowest BCUT2D eigenvalue weighted by Gasteiger charge is -2.03. The Hall–Kier alpha value is -0.730. The summed E-state index contributed by atoms with van der Waals surface area (Å²) in [5.41, 5.74) is 0.720. The number of para-hydroxylation sites is 1. The lowest BCUT2D eigenvalue weighted by molar-refractivity contribution is -0.113. The van der Waals surface area contributed by atoms with E-state index in [2.05, 4.69) is 5.32 Å². The fourth-order valence-electron chi connectivity index (χ4n) is 0.820. The maximum Gasteiger partial charge on any atom is 0.231 e. The molecule has 0 aliphatic rings. The number of rotatable bonds is 3. The van der Waals surface area contributed by atoms with Gasteiger partial charge in [-0.25, -0.2) is 0 Å². The van der Waals surface area contributed by atoms with Gasteiger partial charge in [0, 0.05) is 5.69 Å². The average molecular weight is 217 g/mol. The molecule has 0 bridgehead atoms. The van der Waals surface area contributed by atoms with Crippen LogP contribution >= 0.6 is 23.2 Å². The first-order valence-corrected chi connectivity index (χ1v) is 4.55. The summed E-state index contributed by atoms with van der Waals surface area (Å²) in [6, 6.07) is 9.08. The van der Waals surface area contributed by atoms with E-state index in [0.29, 0.717) is 0 Å². The number of anilines is 1. The second-order valence-corrected chi connectivity index (χ2v) is 3.52. The summed E-state index contributed by atoms with van der Waals surface area (Å²) in [6.45, 7) is 0. The van der Waals surface area contributed by atoms with Crippen LogP contribution in [0.3, 0.4) is 0 Å². The van der Waals surface area contributed by atoms with Gasteiger partial charge in [0.25, 0.3) is 0 Å². The summed E-state index contributed by atoms with van der Waals surface area (Å²) in [7, 11) is 0. The highest BCUT2D eigenvalue weighted by molar-refractivity contribution is 6.46. The zero-order valence-corrected chi connectivity index (χ0v) is 8.22. The molecule has 0 atom stereocenters. The van der Waals surface area contributed by atoms with Crippen LogP contribution in [0.15, 0.2) is 30.3 Å². The number of benzene rings is 1. The first kappa shape index (κ1) is 10.4. The molecule has 0 spiro atoms. The summed E-state index contributed by atoms with van der Waals surface area (Å²) in [4.78, 5) is 10.3. The van der Waals surface area contributed by atoms with Crippen molar-refractivity contribution >= 4 is 34.8 Å². The maximum absolute atomic E-state index is 11.1. The largest absolute Gasteiger partial charge is 0.326 e. The first-order chi connectivity index (χ1) is 6.18. The normalized spacial score (nSPS) is 10.1. The van der Waals surface area contributed by atoms with Gasteiger partial charge in [0.1, 0.15) is 4.84 Å². The van der Waals surface area contributed by atoms with Crippen molar-refractivity contribution in [1.82, 2.24) is 0 Å². The molecule has 0 aliphatic carbocycles. The van der Waals surface area contributed by atoms with Crippen molar-refractivity contribution in [2.24, 2.45) is 0 Å². The Morgan fingerprint density at radius 2 is 1.92 bits per heavy atom. The van der Waals surface area contributed by atoms with Crippen molar-refractivity contribution in [3.05, 3.63) is 36.8 Å². The molecular formula is C9H8Cl2NO. The van der Waals surface area contributed by atoms with Gasteiger partial charge in [0.2, 0.25) is 5.91 Å². The van der Waals surface area contributed by atoms with Crippen LogP contribution in [0.5, 0.6) is 0 Å². The molecule has 1 amide bonds. The quantitative estimate of drug-likeness (QED) is 0.774. The van der Waals surface area contributed by atoms with Gasteiger partial charge in [-0.2, -0.15) is 0 Å². The van der Waals surface area contributed by atoms with E-state index in [1.807, 2.05) is 18.2 Å². The van der Waals surface area contributed by atoms with Crippen molar-refractivity contribution in [1.29, 1.82) is 0 Å². The van der Waals surface area contributed by atoms with E-state index in [9.17, 15) is 4.79 Å². The van der Waals surface area contributed by atoms with Gasteiger partial charge < -0.3 is 5.32 Å². The van der Waals surface area contributed by atoms with Gasteiger partial charge in [0.15, 0.2) is 0 Å². The van der Waals surface area contributed by atoms with Gasteiger partial charge in [-0.05, 0) is 12.1 Å². The van der Waals surface area contributed by atoms with Gasteiger partial charge >= 0.3 is 0 Å². The molecule has 1 radical (unpaired) electrons. The Balaban J connectivity index is 2.46. The number of carbonyl (C=O) groups is 1. The van der Waals surface area contributed by atoms with E-state index in [1.165, 1.54) is 6.42 Å². The minimum Gasteiger partial charge on any atom is -0.326 e. The van der Waals surface area contributed by atoms with Gasteiger partial charge in [-0.15, -0.1) is 23.2 Å². The van der Waals surface area contributed by atoms with Gasteiger partial charge in [-0.1, -0.05) is 18.2 Å². The van der Waals surface area contributed by atoms with Crippen LogP contribution in [0.1, 0.15) is 0 Å². The number of hydrogen-bond acceptors (Lipinski definition) is 1. The molecule has 0 aliphatic heterocycles. The predicted octanol–water partition coefficient (Wildman–Crippen LogP) is 2.63. The lowest BCUT2D eigenvalue weighted by atomic mass is 10.3. The minimum absolute atomic E-state index is 0.304. The molecule has 1 N–H and O–H groups in total. The lowest BCUT2D eigenvalue weighted by Crippen LogP contribution is -2.14. The molecule has 0 saturated carbocycles. The second-order valence-electron chi connectivity index (χ2n) is 2.36. The molecule has 0 fully saturated rings. The fraction of sp³-hybridized carbons (Fsp3) is 0.111. The van der Waals surface area contributed by atoms with E-state index in [0.717, 1.165) is 5.69 Å². The number of alkyl halides is 2. The summed E-state index contributed by atoms with van der Waals surface area (Å²) >= 11 is 10.8. The van der Waals surface area contributed by atoms with E-state index in [-0.39, 0.29) is 5.91 Å². The topological polar surface area (TPSA) is 29.1 Å². The predicted molar refractivity (Wildman–Crippen MR) is 54.9 cm³/mol. The summed E-state index contributed by atoms with van der Waals surface area (Å²) in [5.74, 6) is -0.304. The zero-order valence-electron chi connectivity index (χ0n) is 6.71. The summed E-state index contributed by atoms with van der Waals surface area (Å²) in [5, 5.41) is 2.61. The zero-order chi connectivity index (χ0) is 9.68. The molecule has 69 valence electrons. The molecule has 13 heavy (non-hydrogen) atoms. The molecule has 2 nitrogen and oxygen atoms in total. The molecule has 1 aromatic carbocycles. The van der Waals surface area contributed by atoms with Crippen LogP contribution in [0.2, 0.25) is 0 Å². The fourth-order valence-corrected chi connectivity index (χ4v) is 1.05. The Kier molecular flexibility index (Phi) is 4.06. The smallest absolute Gasteiger partial charge is 0.231 e. The van der Waals surface area contributed by atoms with Crippen LogP contribution in [0, 0.1) is 6.42 Å². The molecule has 1 rings (SSSR count). The number of nitrogens with one attached hydrogen (secondary N) is 1. The third kappa shape index (κ3) is 4.15. The van der Waals surface area contributed by atoms with Crippen LogP contribution in [0.25, 0.3) is 0 Å². The third-order valence-electron chi connectivity index (χ3n) is 1.32. The van der Waals surface area contributed by atoms with Crippen molar-refractivity contribution in [3.63, 3.8) is 0 Å². The van der Waals surface area contributed by atoms with Crippen molar-refractivity contribution in [2.75, 3.05) is 5.32 Å². The highest BCUT2D eigenvalue weighted by atomic mass is 35.5. The van der Waals surface area contributed by atoms with Crippen LogP contribution < -0.4 is 5.32 Å². The molecule has 0 heterocycles. The highest BCUT2D eigenvalue weighted by Gasteiger charge is 2.07. The number of amides is 1. The van der Waals surface area contributed by atoms with Crippen LogP contribution in [0.4, 0.5) is 5.69 Å². The van der Waals surface area contributed by atoms with E-state index < -0.39 is 4.84 Å². The van der Waals surface area contributed by atoms with Crippen molar-refractivity contribution in [2.45, 2.75) is 4.84 Å². The van der Waals surface area contributed by atoms with Crippen LogP contribution in [-0.2, 0) is 4.79 Å². The van der Waals surface area contributed by atoms with E-state index >= 15 is 0 Å². The molecule has 0 saturated heterocycles. The highest BCUT2D eigenvalue weighted by Crippen LogP contribution is 2.09. The van der Waals surface area contributed by atoms with E-state index in [1.54, 1.807) is 12.1 Å². The Morgan fingerprint density at radius 3 is 2.46 bits per heavy atom. The number of hydrogen-bond donors (Lipinski definition) is 1. The Morgan fingerprint density at radius 1 is 1.31 bits per heavy atom. The molecule has 0 aromatic heterocycles. The first-order valence-electron chi connectivity index (χ1n) is 3.67. The van der Waals surface area contributed by atoms with Gasteiger partial charge in [-0.3, -0.25) is 4.79 Å². The van der Waals surface area contributed by atoms with Crippen molar-refractivity contribution in [3.8, 4) is 0 Å². The maximum atomic E-state index is 11.1. The number of halogens is 2. The Bertz CT molecular complexity index is 274. The standard InChI is InChI=1S/C9H8Cl2NO/c10-8(11)6-9(13)12-7-4-2-1-3-5-7/h1-6,8H,(H,12,13). The summed E-state index contributed by atoms with van der Waals surface area (Å²) in [6.07, 6.45) is 1.19. The molecule has 4 heteroatoms. The minimum atomic E-state index is -0.774. The van der Waals surface area contributed by atoms with E-state index in [4.69, 9.17) is 23.2 Å². The molecular weight excluding hydrogens is 209 g/mol.